The van der Waals surface area contributed by atoms with Gasteiger partial charge in [-0.25, -0.2) is 9.78 Å². The average Bonchev–Trinajstić information content (AvgIpc) is 2.59. The summed E-state index contributed by atoms with van der Waals surface area (Å²) >= 11 is 0. The summed E-state index contributed by atoms with van der Waals surface area (Å²) in [5.74, 6) is 1.22. The molecule has 3 heterocycles. The third kappa shape index (κ3) is 4.48. The van der Waals surface area contributed by atoms with Crippen LogP contribution in [0.5, 0.6) is 0 Å². The van der Waals surface area contributed by atoms with Crippen molar-refractivity contribution in [3.8, 4) is 0 Å². The number of carbonyl (C=O) groups excluding carboxylic acids is 2. The lowest BCUT2D eigenvalue weighted by molar-refractivity contribution is -0.125. The number of nitrogens with zero attached hydrogens (tertiary/aromatic N) is 4. The Morgan fingerprint density at radius 3 is 2.37 bits per heavy atom. The van der Waals surface area contributed by atoms with Gasteiger partial charge in [0.05, 0.1) is 5.69 Å². The summed E-state index contributed by atoms with van der Waals surface area (Å²) in [5, 5.41) is 2.73. The van der Waals surface area contributed by atoms with Crippen molar-refractivity contribution in [2.24, 2.45) is 5.92 Å². The van der Waals surface area contributed by atoms with Gasteiger partial charge in [-0.3, -0.25) is 9.78 Å². The quantitative estimate of drug-likeness (QED) is 0.866. The van der Waals surface area contributed by atoms with Crippen LogP contribution in [0.4, 0.5) is 10.6 Å². The summed E-state index contributed by atoms with van der Waals surface area (Å²) in [5.41, 5.74) is 0.436. The van der Waals surface area contributed by atoms with Gasteiger partial charge in [-0.15, -0.1) is 0 Å². The summed E-state index contributed by atoms with van der Waals surface area (Å²) < 4.78 is 5.42. The fourth-order valence-corrected chi connectivity index (χ4v) is 3.56. The predicted molar refractivity (Wildman–Crippen MR) is 102 cm³/mol. The maximum absolute atomic E-state index is 12.2. The van der Waals surface area contributed by atoms with E-state index >= 15 is 0 Å². The van der Waals surface area contributed by atoms with Crippen molar-refractivity contribution in [3.63, 3.8) is 0 Å². The van der Waals surface area contributed by atoms with Gasteiger partial charge in [-0.2, -0.15) is 0 Å². The molecule has 1 aromatic heterocycles. The average molecular weight is 375 g/mol. The molecule has 8 heteroatoms. The number of carbonyl (C=O) groups is 2. The summed E-state index contributed by atoms with van der Waals surface area (Å²) in [4.78, 5) is 37.0. The van der Waals surface area contributed by atoms with Crippen LogP contribution in [-0.4, -0.2) is 65.7 Å². The van der Waals surface area contributed by atoms with Crippen molar-refractivity contribution in [2.45, 2.75) is 45.1 Å². The van der Waals surface area contributed by atoms with Gasteiger partial charge < -0.3 is 19.9 Å². The molecule has 0 unspecified atom stereocenters. The molecule has 0 atom stereocenters. The van der Waals surface area contributed by atoms with Gasteiger partial charge in [0.25, 0.3) is 0 Å². The molecule has 0 saturated carbocycles. The third-order valence-corrected chi connectivity index (χ3v) is 5.04. The highest BCUT2D eigenvalue weighted by Gasteiger charge is 2.38. The molecule has 0 spiro atoms. The van der Waals surface area contributed by atoms with Crippen molar-refractivity contribution in [3.05, 3.63) is 18.1 Å². The van der Waals surface area contributed by atoms with E-state index in [0.29, 0.717) is 13.1 Å². The van der Waals surface area contributed by atoms with E-state index in [9.17, 15) is 9.59 Å². The number of hydrogen-bond acceptors (Lipinski definition) is 6. The van der Waals surface area contributed by atoms with Crippen molar-refractivity contribution >= 4 is 17.8 Å². The van der Waals surface area contributed by atoms with E-state index < -0.39 is 5.60 Å². The zero-order valence-corrected chi connectivity index (χ0v) is 16.6. The lowest BCUT2D eigenvalue weighted by Gasteiger charge is -2.41. The van der Waals surface area contributed by atoms with Gasteiger partial charge in [0, 0.05) is 57.5 Å². The largest absolute Gasteiger partial charge is 0.444 e. The van der Waals surface area contributed by atoms with E-state index in [0.717, 1.165) is 37.4 Å². The third-order valence-electron chi connectivity index (χ3n) is 5.04. The Kier molecular flexibility index (Phi) is 5.53. The molecular weight excluding hydrogens is 346 g/mol. The van der Waals surface area contributed by atoms with Crippen LogP contribution in [0.2, 0.25) is 0 Å². The van der Waals surface area contributed by atoms with E-state index in [1.165, 1.54) is 0 Å². The SMILES string of the molecule is CNC(=O)C1CCN(c2nccnc2C2CN(C(=O)OC(C)(C)C)C2)CC1. The minimum Gasteiger partial charge on any atom is -0.444 e. The number of anilines is 1. The van der Waals surface area contributed by atoms with Crippen LogP contribution in [0.1, 0.15) is 45.2 Å². The van der Waals surface area contributed by atoms with E-state index in [1.807, 2.05) is 20.8 Å². The molecule has 0 aliphatic carbocycles. The van der Waals surface area contributed by atoms with Crippen LogP contribution < -0.4 is 10.2 Å². The summed E-state index contributed by atoms with van der Waals surface area (Å²) in [6, 6.07) is 0. The number of hydrogen-bond donors (Lipinski definition) is 1. The van der Waals surface area contributed by atoms with Gasteiger partial charge in [-0.1, -0.05) is 0 Å². The molecule has 0 bridgehead atoms. The van der Waals surface area contributed by atoms with Crippen molar-refractivity contribution in [1.82, 2.24) is 20.2 Å². The number of ether oxygens (including phenoxy) is 1. The highest BCUT2D eigenvalue weighted by Crippen LogP contribution is 2.33. The Morgan fingerprint density at radius 1 is 1.15 bits per heavy atom. The van der Waals surface area contributed by atoms with E-state index in [4.69, 9.17) is 4.74 Å². The number of aromatic nitrogens is 2. The minimum atomic E-state index is -0.491. The van der Waals surface area contributed by atoms with Crippen molar-refractivity contribution in [2.75, 3.05) is 38.1 Å². The number of nitrogens with one attached hydrogen (secondary N) is 1. The molecule has 0 radical (unpaired) electrons. The molecule has 2 amide bonds. The normalized spacial score (nSPS) is 18.8. The van der Waals surface area contributed by atoms with Gasteiger partial charge in [0.1, 0.15) is 5.60 Å². The van der Waals surface area contributed by atoms with E-state index in [1.54, 1.807) is 24.3 Å². The molecule has 2 fully saturated rings. The first kappa shape index (κ1) is 19.4. The highest BCUT2D eigenvalue weighted by atomic mass is 16.6. The standard InChI is InChI=1S/C19H29N5O3/c1-19(2,3)27-18(26)24-11-14(12-24)15-16(22-8-7-21-15)23-9-5-13(6-10-23)17(25)20-4/h7-8,13-14H,5-6,9-12H2,1-4H3,(H,20,25). The predicted octanol–water partition coefficient (Wildman–Crippen LogP) is 1.77. The van der Waals surface area contributed by atoms with Crippen LogP contribution in [0.25, 0.3) is 0 Å². The van der Waals surface area contributed by atoms with Gasteiger partial charge >= 0.3 is 6.09 Å². The molecule has 1 aromatic rings. The second-order valence-corrected chi connectivity index (χ2v) is 8.22. The fourth-order valence-electron chi connectivity index (χ4n) is 3.56. The molecule has 3 rings (SSSR count). The van der Waals surface area contributed by atoms with Gasteiger partial charge in [0.15, 0.2) is 5.82 Å². The fraction of sp³-hybridized carbons (Fsp3) is 0.684. The molecule has 148 valence electrons. The molecule has 2 saturated heterocycles. The first-order valence-electron chi connectivity index (χ1n) is 9.54. The van der Waals surface area contributed by atoms with Crippen molar-refractivity contribution in [1.29, 1.82) is 0 Å². The molecule has 2 aliphatic rings. The summed E-state index contributed by atoms with van der Waals surface area (Å²) in [6.45, 7) is 8.35. The first-order valence-corrected chi connectivity index (χ1v) is 9.54. The Balaban J connectivity index is 1.61. The summed E-state index contributed by atoms with van der Waals surface area (Å²) in [7, 11) is 1.68. The number of likely N-dealkylation sites (tertiary alicyclic amines) is 1. The number of amides is 2. The van der Waals surface area contributed by atoms with Crippen LogP contribution in [0.15, 0.2) is 12.4 Å². The Hall–Kier alpha value is -2.38. The molecule has 8 nitrogen and oxygen atoms in total. The van der Waals surface area contributed by atoms with Crippen molar-refractivity contribution < 1.29 is 14.3 Å². The van der Waals surface area contributed by atoms with Crippen LogP contribution in [0.3, 0.4) is 0 Å². The van der Waals surface area contributed by atoms with E-state index in [2.05, 4.69) is 20.2 Å². The second-order valence-electron chi connectivity index (χ2n) is 8.22. The maximum Gasteiger partial charge on any atom is 0.410 e. The lowest BCUT2D eigenvalue weighted by atomic mass is 9.93. The zero-order chi connectivity index (χ0) is 19.6. The topological polar surface area (TPSA) is 87.7 Å². The second kappa shape index (κ2) is 7.70. The van der Waals surface area contributed by atoms with Crippen LogP contribution >= 0.6 is 0 Å². The maximum atomic E-state index is 12.2. The molecule has 27 heavy (non-hydrogen) atoms. The molecule has 2 aliphatic heterocycles. The zero-order valence-electron chi connectivity index (χ0n) is 16.6. The Labute approximate surface area is 160 Å². The van der Waals surface area contributed by atoms with Crippen LogP contribution in [-0.2, 0) is 9.53 Å². The Morgan fingerprint density at radius 2 is 1.78 bits per heavy atom. The Bertz CT molecular complexity index is 689. The minimum absolute atomic E-state index is 0.0673. The lowest BCUT2D eigenvalue weighted by Crippen LogP contribution is -2.51. The number of rotatable bonds is 3. The van der Waals surface area contributed by atoms with Gasteiger partial charge in [-0.05, 0) is 33.6 Å². The molecule has 1 N–H and O–H groups in total. The molecular formula is C19H29N5O3. The van der Waals surface area contributed by atoms with Gasteiger partial charge in [0.2, 0.25) is 5.91 Å². The first-order chi connectivity index (χ1) is 12.8. The smallest absolute Gasteiger partial charge is 0.410 e. The van der Waals surface area contributed by atoms with E-state index in [-0.39, 0.29) is 23.8 Å². The summed E-state index contributed by atoms with van der Waals surface area (Å²) in [6.07, 6.45) is 4.74. The number of piperidine rings is 1. The monoisotopic (exact) mass is 375 g/mol. The highest BCUT2D eigenvalue weighted by molar-refractivity contribution is 5.78. The molecule has 0 aromatic carbocycles. The van der Waals surface area contributed by atoms with Crippen LogP contribution in [0, 0.1) is 5.92 Å².